The Balaban J connectivity index is 1.67. The lowest BCUT2D eigenvalue weighted by molar-refractivity contribution is -0.909. The van der Waals surface area contributed by atoms with Gasteiger partial charge in [-0.2, -0.15) is 0 Å². The molecule has 0 aliphatic carbocycles. The number of nitrogens with one attached hydrogen (secondary N) is 1. The Labute approximate surface area is 172 Å². The number of ether oxygens (including phenoxy) is 3. The van der Waals surface area contributed by atoms with Crippen LogP contribution < -0.4 is 14.4 Å². The zero-order valence-electron chi connectivity index (χ0n) is 17.2. The fourth-order valence-corrected chi connectivity index (χ4v) is 3.76. The highest BCUT2D eigenvalue weighted by Crippen LogP contribution is 2.29. The van der Waals surface area contributed by atoms with Crippen LogP contribution in [-0.4, -0.2) is 62.9 Å². The van der Waals surface area contributed by atoms with E-state index >= 15 is 0 Å². The zero-order chi connectivity index (χ0) is 20.6. The van der Waals surface area contributed by atoms with Gasteiger partial charge in [0.25, 0.3) is 0 Å². The minimum Gasteiger partial charge on any atom is -0.497 e. The lowest BCUT2D eigenvalue weighted by Gasteiger charge is -2.29. The molecule has 1 aliphatic rings. The van der Waals surface area contributed by atoms with E-state index in [9.17, 15) is 10.2 Å². The van der Waals surface area contributed by atoms with Crippen LogP contribution in [0.1, 0.15) is 30.1 Å². The summed E-state index contributed by atoms with van der Waals surface area (Å²) in [7, 11) is 3.29. The van der Waals surface area contributed by atoms with Crippen LogP contribution in [0.4, 0.5) is 0 Å². The molecule has 0 amide bonds. The highest BCUT2D eigenvalue weighted by Gasteiger charge is 2.24. The van der Waals surface area contributed by atoms with E-state index < -0.39 is 6.10 Å². The van der Waals surface area contributed by atoms with Crippen LogP contribution in [0.2, 0.25) is 0 Å². The van der Waals surface area contributed by atoms with Crippen molar-refractivity contribution in [2.75, 3.05) is 40.5 Å². The third-order valence-corrected chi connectivity index (χ3v) is 5.48. The van der Waals surface area contributed by atoms with Gasteiger partial charge in [0.1, 0.15) is 30.3 Å². The quantitative estimate of drug-likeness (QED) is 0.588. The fourth-order valence-electron chi connectivity index (χ4n) is 3.76. The van der Waals surface area contributed by atoms with Gasteiger partial charge >= 0.3 is 0 Å². The van der Waals surface area contributed by atoms with E-state index in [1.165, 1.54) is 4.90 Å². The van der Waals surface area contributed by atoms with Crippen molar-refractivity contribution in [1.29, 1.82) is 0 Å². The monoisotopic (exact) mass is 402 g/mol. The van der Waals surface area contributed by atoms with Gasteiger partial charge in [0, 0.05) is 12.8 Å². The van der Waals surface area contributed by atoms with Crippen molar-refractivity contribution in [3.63, 3.8) is 0 Å². The lowest BCUT2D eigenvalue weighted by Crippen LogP contribution is -3.14. The summed E-state index contributed by atoms with van der Waals surface area (Å²) in [6.07, 6.45) is 0.549. The number of hydrogen-bond donors (Lipinski definition) is 3. The maximum atomic E-state index is 10.5. The van der Waals surface area contributed by atoms with E-state index in [-0.39, 0.29) is 18.8 Å². The van der Waals surface area contributed by atoms with Crippen LogP contribution in [0.3, 0.4) is 0 Å². The third-order valence-electron chi connectivity index (χ3n) is 5.48. The van der Waals surface area contributed by atoms with Crippen molar-refractivity contribution >= 4 is 0 Å². The second kappa shape index (κ2) is 10.6. The Morgan fingerprint density at radius 1 is 0.897 bits per heavy atom. The summed E-state index contributed by atoms with van der Waals surface area (Å²) >= 11 is 0. The van der Waals surface area contributed by atoms with E-state index in [4.69, 9.17) is 14.2 Å². The molecule has 0 aromatic heterocycles. The Morgan fingerprint density at radius 2 is 1.38 bits per heavy atom. The maximum absolute atomic E-state index is 10.5. The van der Waals surface area contributed by atoms with Crippen molar-refractivity contribution in [1.82, 2.24) is 0 Å². The molecule has 3 N–H and O–H groups in total. The van der Waals surface area contributed by atoms with Gasteiger partial charge in [0.05, 0.1) is 40.0 Å². The SMILES string of the molecule is COc1ccc(C(OC[C@H](O)C[NH+]2CCC(O)CC2)c2ccc(OC)cc2)cc1. The Morgan fingerprint density at radius 3 is 1.83 bits per heavy atom. The highest BCUT2D eigenvalue weighted by molar-refractivity contribution is 5.36. The Bertz CT molecular complexity index is 678. The molecular weight excluding hydrogens is 370 g/mol. The summed E-state index contributed by atoms with van der Waals surface area (Å²) in [4.78, 5) is 1.32. The van der Waals surface area contributed by atoms with Crippen molar-refractivity contribution in [2.45, 2.75) is 31.2 Å². The van der Waals surface area contributed by atoms with Crippen molar-refractivity contribution in [3.05, 3.63) is 59.7 Å². The van der Waals surface area contributed by atoms with Gasteiger partial charge in [-0.1, -0.05) is 24.3 Å². The van der Waals surface area contributed by atoms with Gasteiger partial charge in [-0.15, -0.1) is 0 Å². The molecule has 1 aliphatic heterocycles. The first kappa shape index (κ1) is 21.6. The topological polar surface area (TPSA) is 72.6 Å². The van der Waals surface area contributed by atoms with Crippen molar-refractivity contribution in [3.8, 4) is 11.5 Å². The van der Waals surface area contributed by atoms with E-state index in [0.29, 0.717) is 6.54 Å². The lowest BCUT2D eigenvalue weighted by atomic mass is 10.0. The van der Waals surface area contributed by atoms with Gasteiger partial charge < -0.3 is 29.3 Å². The number of rotatable bonds is 9. The van der Waals surface area contributed by atoms with Crippen LogP contribution in [0.15, 0.2) is 48.5 Å². The van der Waals surface area contributed by atoms with E-state index in [1.807, 2.05) is 48.5 Å². The molecule has 0 unspecified atom stereocenters. The number of likely N-dealkylation sites (tertiary alicyclic amines) is 1. The van der Waals surface area contributed by atoms with E-state index in [2.05, 4.69) is 0 Å². The molecule has 2 aromatic rings. The highest BCUT2D eigenvalue weighted by atomic mass is 16.5. The first-order valence-corrected chi connectivity index (χ1v) is 10.2. The van der Waals surface area contributed by atoms with Crippen molar-refractivity contribution < 1.29 is 29.3 Å². The average Bonchev–Trinajstić information content (AvgIpc) is 2.76. The summed E-state index contributed by atoms with van der Waals surface area (Å²) in [5.41, 5.74) is 1.99. The molecule has 29 heavy (non-hydrogen) atoms. The number of benzene rings is 2. The summed E-state index contributed by atoms with van der Waals surface area (Å²) in [5.74, 6) is 1.58. The number of aliphatic hydroxyl groups is 2. The molecule has 0 radical (unpaired) electrons. The molecule has 1 atom stereocenters. The van der Waals surface area contributed by atoms with Gasteiger partial charge in [-0.25, -0.2) is 0 Å². The molecule has 6 heteroatoms. The van der Waals surface area contributed by atoms with Gasteiger partial charge in [-0.05, 0) is 35.4 Å². The zero-order valence-corrected chi connectivity index (χ0v) is 17.2. The van der Waals surface area contributed by atoms with Gasteiger partial charge in [0.15, 0.2) is 0 Å². The minimum atomic E-state index is -0.556. The number of piperidine rings is 1. The third kappa shape index (κ3) is 6.18. The molecule has 158 valence electrons. The van der Waals surface area contributed by atoms with Gasteiger partial charge in [0.2, 0.25) is 0 Å². The van der Waals surface area contributed by atoms with Crippen LogP contribution in [-0.2, 0) is 4.74 Å². The molecule has 3 rings (SSSR count). The predicted molar refractivity (Wildman–Crippen MR) is 111 cm³/mol. The predicted octanol–water partition coefficient (Wildman–Crippen LogP) is 1.21. The molecule has 1 fully saturated rings. The van der Waals surface area contributed by atoms with Crippen LogP contribution in [0.25, 0.3) is 0 Å². The second-order valence-corrected chi connectivity index (χ2v) is 7.60. The number of methoxy groups -OCH3 is 2. The van der Waals surface area contributed by atoms with E-state index in [1.54, 1.807) is 14.2 Å². The molecule has 0 spiro atoms. The largest absolute Gasteiger partial charge is 0.497 e. The smallest absolute Gasteiger partial charge is 0.126 e. The molecule has 1 saturated heterocycles. The Kier molecular flexibility index (Phi) is 7.89. The Hall–Kier alpha value is -2.12. The molecule has 1 heterocycles. The van der Waals surface area contributed by atoms with Gasteiger partial charge in [-0.3, -0.25) is 0 Å². The molecule has 0 bridgehead atoms. The molecule has 6 nitrogen and oxygen atoms in total. The normalized spacial score (nSPS) is 20.4. The molecular formula is C23H32NO5+. The standard InChI is InChI=1S/C23H31NO5/c1-27-21-7-3-17(4-8-21)23(18-5-9-22(28-2)10-6-18)29-16-20(26)15-24-13-11-19(25)12-14-24/h3-10,19-20,23,25-26H,11-16H2,1-2H3/p+1/t20-/m1/s1. The minimum absolute atomic E-state index is 0.193. The van der Waals surface area contributed by atoms with Crippen molar-refractivity contribution in [2.24, 2.45) is 0 Å². The first-order valence-electron chi connectivity index (χ1n) is 10.2. The summed E-state index contributed by atoms with van der Waals surface area (Å²) in [6.45, 7) is 2.65. The first-order chi connectivity index (χ1) is 14.1. The van der Waals surface area contributed by atoms with E-state index in [0.717, 1.165) is 48.6 Å². The molecule has 0 saturated carbocycles. The number of hydrogen-bond acceptors (Lipinski definition) is 5. The van der Waals surface area contributed by atoms with Crippen LogP contribution in [0.5, 0.6) is 11.5 Å². The fraction of sp³-hybridized carbons (Fsp3) is 0.478. The average molecular weight is 403 g/mol. The van der Waals surface area contributed by atoms with Crippen LogP contribution in [0, 0.1) is 0 Å². The second-order valence-electron chi connectivity index (χ2n) is 7.60. The maximum Gasteiger partial charge on any atom is 0.126 e. The summed E-state index contributed by atoms with van der Waals surface area (Å²) < 4.78 is 16.7. The summed E-state index contributed by atoms with van der Waals surface area (Å²) in [5, 5.41) is 20.2. The summed E-state index contributed by atoms with van der Waals surface area (Å²) in [6, 6.07) is 15.6. The molecule has 2 aromatic carbocycles. The number of quaternary nitrogens is 1. The van der Waals surface area contributed by atoms with Crippen LogP contribution >= 0.6 is 0 Å². The number of aliphatic hydroxyl groups excluding tert-OH is 2.